The molecular weight excluding hydrogens is 308 g/mol. The average molecular weight is 320 g/mol. The maximum absolute atomic E-state index is 11.3. The normalized spacial score (nSPS) is 10.2. The number of halogens is 2. The second-order valence-electron chi connectivity index (χ2n) is 3.24. The fourth-order valence-corrected chi connectivity index (χ4v) is 1.81. The van der Waals surface area contributed by atoms with Gasteiger partial charge in [-0.05, 0) is 23.6 Å². The molecule has 0 aliphatic carbocycles. The number of ketones is 1. The number of carbonyl (C=O) groups excluding carboxylic acids is 1. The molecule has 0 atom stereocenters. The van der Waals surface area contributed by atoms with Gasteiger partial charge in [-0.15, -0.1) is 0 Å². The molecular formula is C11H12Br2O. The van der Waals surface area contributed by atoms with Crippen molar-refractivity contribution in [3.05, 3.63) is 34.9 Å². The zero-order chi connectivity index (χ0) is 10.6. The van der Waals surface area contributed by atoms with Crippen molar-refractivity contribution in [2.45, 2.75) is 18.7 Å². The Balaban J connectivity index is 2.89. The van der Waals surface area contributed by atoms with Crippen LogP contribution < -0.4 is 0 Å². The van der Waals surface area contributed by atoms with E-state index < -0.39 is 0 Å². The number of aryl methyl sites for hydroxylation is 1. The SMILES string of the molecule is Cc1ccc(CBr)cc1CC(=O)CBr. The molecule has 3 heteroatoms. The quantitative estimate of drug-likeness (QED) is 0.777. The molecule has 1 rings (SSSR count). The summed E-state index contributed by atoms with van der Waals surface area (Å²) in [5.74, 6) is 0.222. The van der Waals surface area contributed by atoms with Crippen LogP contribution in [0.25, 0.3) is 0 Å². The standard InChI is InChI=1S/C11H12Br2O/c1-8-2-3-9(6-12)4-10(8)5-11(14)7-13/h2-4H,5-7H2,1H3. The van der Waals surface area contributed by atoms with Crippen LogP contribution in [0, 0.1) is 6.92 Å². The smallest absolute Gasteiger partial charge is 0.147 e. The Labute approximate surface area is 101 Å². The van der Waals surface area contributed by atoms with Crippen molar-refractivity contribution in [2.75, 3.05) is 5.33 Å². The van der Waals surface area contributed by atoms with E-state index in [0.717, 1.165) is 10.9 Å². The Hall–Kier alpha value is -0.150. The van der Waals surface area contributed by atoms with Gasteiger partial charge in [0.1, 0.15) is 5.78 Å². The highest BCUT2D eigenvalue weighted by Gasteiger charge is 2.05. The molecule has 0 amide bonds. The van der Waals surface area contributed by atoms with Crippen LogP contribution in [0.5, 0.6) is 0 Å². The molecule has 1 nitrogen and oxygen atoms in total. The van der Waals surface area contributed by atoms with Crippen molar-refractivity contribution in [3.63, 3.8) is 0 Å². The highest BCUT2D eigenvalue weighted by molar-refractivity contribution is 9.09. The lowest BCUT2D eigenvalue weighted by molar-refractivity contribution is -0.115. The minimum atomic E-state index is 0.222. The molecule has 0 N–H and O–H groups in total. The van der Waals surface area contributed by atoms with Crippen molar-refractivity contribution in [1.29, 1.82) is 0 Å². The van der Waals surface area contributed by atoms with Crippen LogP contribution in [0.15, 0.2) is 18.2 Å². The number of Topliss-reactive ketones (excluding diaryl/α,β-unsaturated/α-hetero) is 1. The molecule has 0 radical (unpaired) electrons. The maximum atomic E-state index is 11.3. The van der Waals surface area contributed by atoms with Crippen LogP contribution >= 0.6 is 31.9 Å². The number of hydrogen-bond donors (Lipinski definition) is 0. The van der Waals surface area contributed by atoms with Crippen LogP contribution in [-0.4, -0.2) is 11.1 Å². The minimum Gasteiger partial charge on any atom is -0.298 e. The molecule has 0 bridgehead atoms. The lowest BCUT2D eigenvalue weighted by atomic mass is 10.0. The van der Waals surface area contributed by atoms with Gasteiger partial charge in [0.15, 0.2) is 0 Å². The van der Waals surface area contributed by atoms with E-state index >= 15 is 0 Å². The van der Waals surface area contributed by atoms with Crippen molar-refractivity contribution >= 4 is 37.6 Å². The fraction of sp³-hybridized carbons (Fsp3) is 0.364. The Morgan fingerprint density at radius 3 is 2.64 bits per heavy atom. The fourth-order valence-electron chi connectivity index (χ4n) is 1.26. The molecule has 14 heavy (non-hydrogen) atoms. The lowest BCUT2D eigenvalue weighted by Crippen LogP contribution is -2.05. The molecule has 76 valence electrons. The molecule has 0 aliphatic heterocycles. The number of benzene rings is 1. The minimum absolute atomic E-state index is 0.222. The summed E-state index contributed by atoms with van der Waals surface area (Å²) in [7, 11) is 0. The van der Waals surface area contributed by atoms with Gasteiger partial charge in [0.05, 0.1) is 5.33 Å². The van der Waals surface area contributed by atoms with Crippen LogP contribution in [-0.2, 0) is 16.5 Å². The Morgan fingerprint density at radius 1 is 1.36 bits per heavy atom. The molecule has 0 heterocycles. The summed E-state index contributed by atoms with van der Waals surface area (Å²) in [6, 6.07) is 6.23. The van der Waals surface area contributed by atoms with Crippen LogP contribution in [0.3, 0.4) is 0 Å². The summed E-state index contributed by atoms with van der Waals surface area (Å²) in [5, 5.41) is 1.27. The van der Waals surface area contributed by atoms with E-state index in [2.05, 4.69) is 50.1 Å². The number of carbonyl (C=O) groups is 1. The van der Waals surface area contributed by atoms with E-state index in [-0.39, 0.29) is 5.78 Å². The van der Waals surface area contributed by atoms with Gasteiger partial charge in [-0.3, -0.25) is 4.79 Å². The molecule has 0 aliphatic rings. The Bertz CT molecular complexity index is 334. The van der Waals surface area contributed by atoms with Gasteiger partial charge in [0.2, 0.25) is 0 Å². The predicted octanol–water partition coefficient (Wildman–Crippen LogP) is 3.40. The molecule has 0 fully saturated rings. The third-order valence-corrected chi connectivity index (χ3v) is 3.38. The zero-order valence-corrected chi connectivity index (χ0v) is 11.2. The van der Waals surface area contributed by atoms with E-state index in [1.807, 2.05) is 6.92 Å². The highest BCUT2D eigenvalue weighted by atomic mass is 79.9. The van der Waals surface area contributed by atoms with Gasteiger partial charge in [-0.25, -0.2) is 0 Å². The summed E-state index contributed by atoms with van der Waals surface area (Å²) < 4.78 is 0. The van der Waals surface area contributed by atoms with Gasteiger partial charge in [0.25, 0.3) is 0 Å². The van der Waals surface area contributed by atoms with Gasteiger partial charge >= 0.3 is 0 Å². The molecule has 0 saturated carbocycles. The van der Waals surface area contributed by atoms with E-state index in [1.54, 1.807) is 0 Å². The zero-order valence-electron chi connectivity index (χ0n) is 8.02. The van der Waals surface area contributed by atoms with E-state index in [9.17, 15) is 4.79 Å². The van der Waals surface area contributed by atoms with Crippen molar-refractivity contribution in [3.8, 4) is 0 Å². The van der Waals surface area contributed by atoms with Crippen molar-refractivity contribution < 1.29 is 4.79 Å². The summed E-state index contributed by atoms with van der Waals surface area (Å²) in [6.45, 7) is 2.04. The maximum Gasteiger partial charge on any atom is 0.147 e. The van der Waals surface area contributed by atoms with Crippen LogP contribution in [0.1, 0.15) is 16.7 Å². The monoisotopic (exact) mass is 318 g/mol. The second kappa shape index (κ2) is 5.66. The average Bonchev–Trinajstić information content (AvgIpc) is 2.21. The lowest BCUT2D eigenvalue weighted by Gasteiger charge is -2.05. The first-order chi connectivity index (χ1) is 6.67. The summed E-state index contributed by atoms with van der Waals surface area (Å²) in [4.78, 5) is 11.3. The van der Waals surface area contributed by atoms with Crippen molar-refractivity contribution in [2.24, 2.45) is 0 Å². The van der Waals surface area contributed by atoms with E-state index in [0.29, 0.717) is 11.8 Å². The molecule has 1 aromatic rings. The third-order valence-electron chi connectivity index (χ3n) is 2.10. The van der Waals surface area contributed by atoms with Crippen LogP contribution in [0.2, 0.25) is 0 Å². The van der Waals surface area contributed by atoms with Crippen LogP contribution in [0.4, 0.5) is 0 Å². The van der Waals surface area contributed by atoms with Gasteiger partial charge in [-0.2, -0.15) is 0 Å². The van der Waals surface area contributed by atoms with E-state index in [4.69, 9.17) is 0 Å². The molecule has 0 spiro atoms. The number of hydrogen-bond acceptors (Lipinski definition) is 1. The summed E-state index contributed by atoms with van der Waals surface area (Å²) >= 11 is 6.58. The second-order valence-corrected chi connectivity index (χ2v) is 4.37. The molecule has 0 aromatic heterocycles. The van der Waals surface area contributed by atoms with Gasteiger partial charge < -0.3 is 0 Å². The topological polar surface area (TPSA) is 17.1 Å². The Morgan fingerprint density at radius 2 is 2.07 bits per heavy atom. The summed E-state index contributed by atoms with van der Waals surface area (Å²) in [5.41, 5.74) is 3.53. The number of alkyl halides is 2. The molecule has 1 aromatic carbocycles. The molecule has 0 unspecified atom stereocenters. The highest BCUT2D eigenvalue weighted by Crippen LogP contribution is 2.14. The summed E-state index contributed by atoms with van der Waals surface area (Å²) in [6.07, 6.45) is 0.526. The third kappa shape index (κ3) is 3.21. The first-order valence-corrected chi connectivity index (χ1v) is 6.63. The van der Waals surface area contributed by atoms with Crippen molar-refractivity contribution in [1.82, 2.24) is 0 Å². The van der Waals surface area contributed by atoms with Gasteiger partial charge in [0, 0.05) is 11.8 Å². The Kier molecular flexibility index (Phi) is 4.82. The van der Waals surface area contributed by atoms with Gasteiger partial charge in [-0.1, -0.05) is 50.1 Å². The predicted molar refractivity (Wildman–Crippen MR) is 66.3 cm³/mol. The first-order valence-electron chi connectivity index (χ1n) is 4.39. The largest absolute Gasteiger partial charge is 0.298 e. The molecule has 0 saturated heterocycles. The first kappa shape index (κ1) is 11.9. The number of rotatable bonds is 4. The van der Waals surface area contributed by atoms with E-state index in [1.165, 1.54) is 11.1 Å².